The van der Waals surface area contributed by atoms with E-state index in [1.807, 2.05) is 6.07 Å². The number of ether oxygens (including phenoxy) is 1. The van der Waals surface area contributed by atoms with Gasteiger partial charge in [-0.15, -0.1) is 0 Å². The monoisotopic (exact) mass is 472 g/mol. The van der Waals surface area contributed by atoms with Gasteiger partial charge in [0.15, 0.2) is 0 Å². The SMILES string of the molecule is C=CC(=O)Nc1ccc(S(=O)(=O)N2CCN(C(=O)OC(C)(C)C)C(c3cccnc3)C2)cc1. The minimum Gasteiger partial charge on any atom is -0.444 e. The van der Waals surface area contributed by atoms with Crippen molar-refractivity contribution in [3.05, 3.63) is 67.0 Å². The van der Waals surface area contributed by atoms with E-state index in [-0.39, 0.29) is 30.4 Å². The van der Waals surface area contributed by atoms with Crippen molar-refractivity contribution >= 4 is 27.7 Å². The molecule has 1 aromatic heterocycles. The van der Waals surface area contributed by atoms with Gasteiger partial charge in [0.25, 0.3) is 0 Å². The van der Waals surface area contributed by atoms with Crippen LogP contribution < -0.4 is 5.32 Å². The maximum atomic E-state index is 13.3. The van der Waals surface area contributed by atoms with Crippen LogP contribution in [0, 0.1) is 0 Å². The Morgan fingerprint density at radius 3 is 2.45 bits per heavy atom. The van der Waals surface area contributed by atoms with E-state index < -0.39 is 27.8 Å². The number of benzene rings is 1. The Bertz CT molecular complexity index is 1110. The van der Waals surface area contributed by atoms with Crippen LogP contribution in [-0.2, 0) is 19.6 Å². The van der Waals surface area contributed by atoms with Crippen molar-refractivity contribution in [3.63, 3.8) is 0 Å². The van der Waals surface area contributed by atoms with Gasteiger partial charge in [0.1, 0.15) is 5.60 Å². The maximum Gasteiger partial charge on any atom is 0.410 e. The van der Waals surface area contributed by atoms with Gasteiger partial charge in [-0.2, -0.15) is 4.31 Å². The molecule has 2 amide bonds. The zero-order valence-corrected chi connectivity index (χ0v) is 19.7. The first-order chi connectivity index (χ1) is 15.5. The molecule has 2 aromatic rings. The number of pyridine rings is 1. The van der Waals surface area contributed by atoms with E-state index in [4.69, 9.17) is 4.74 Å². The van der Waals surface area contributed by atoms with Crippen LogP contribution in [0.1, 0.15) is 32.4 Å². The van der Waals surface area contributed by atoms with Crippen molar-refractivity contribution in [1.29, 1.82) is 0 Å². The molecule has 9 nitrogen and oxygen atoms in total. The topological polar surface area (TPSA) is 109 Å². The van der Waals surface area contributed by atoms with Crippen molar-refractivity contribution < 1.29 is 22.7 Å². The van der Waals surface area contributed by atoms with Crippen LogP contribution in [0.4, 0.5) is 10.5 Å². The number of sulfonamides is 1. The Balaban J connectivity index is 1.85. The number of rotatable bonds is 5. The number of anilines is 1. The molecule has 0 spiro atoms. The van der Waals surface area contributed by atoms with Gasteiger partial charge in [0.2, 0.25) is 15.9 Å². The highest BCUT2D eigenvalue weighted by Crippen LogP contribution is 2.30. The number of amides is 2. The van der Waals surface area contributed by atoms with Crippen LogP contribution in [0.25, 0.3) is 0 Å². The second-order valence-electron chi connectivity index (χ2n) is 8.56. The summed E-state index contributed by atoms with van der Waals surface area (Å²) >= 11 is 0. The van der Waals surface area contributed by atoms with Crippen LogP contribution in [0.3, 0.4) is 0 Å². The zero-order valence-electron chi connectivity index (χ0n) is 18.9. The third-order valence-electron chi connectivity index (χ3n) is 4.99. The third kappa shape index (κ3) is 5.96. The summed E-state index contributed by atoms with van der Waals surface area (Å²) in [7, 11) is -3.84. The van der Waals surface area contributed by atoms with E-state index in [0.717, 1.165) is 6.08 Å². The van der Waals surface area contributed by atoms with Crippen LogP contribution in [-0.4, -0.2) is 59.8 Å². The van der Waals surface area contributed by atoms with Gasteiger partial charge >= 0.3 is 6.09 Å². The summed E-state index contributed by atoms with van der Waals surface area (Å²) in [5.74, 6) is -0.386. The van der Waals surface area contributed by atoms with E-state index in [1.165, 1.54) is 28.6 Å². The number of aromatic nitrogens is 1. The number of carbonyl (C=O) groups is 2. The van der Waals surface area contributed by atoms with Crippen molar-refractivity contribution in [1.82, 2.24) is 14.2 Å². The number of nitrogens with zero attached hydrogens (tertiary/aromatic N) is 3. The fraction of sp³-hybridized carbons (Fsp3) is 0.348. The normalized spacial score (nSPS) is 17.3. The first-order valence-corrected chi connectivity index (χ1v) is 11.9. The molecule has 1 saturated heterocycles. The summed E-state index contributed by atoms with van der Waals surface area (Å²) in [5.41, 5.74) is 0.496. The molecule has 1 atom stereocenters. The summed E-state index contributed by atoms with van der Waals surface area (Å²) in [6, 6.07) is 8.91. The molecule has 0 radical (unpaired) electrons. The average molecular weight is 473 g/mol. The standard InChI is InChI=1S/C23H28N4O5S/c1-5-21(28)25-18-8-10-19(11-9-18)33(30,31)26-13-14-27(22(29)32-23(2,3)4)20(16-26)17-7-6-12-24-15-17/h5-12,15,20H,1,13-14,16H2,2-4H3,(H,25,28). The molecule has 176 valence electrons. The van der Waals surface area contributed by atoms with Crippen LogP contribution >= 0.6 is 0 Å². The van der Waals surface area contributed by atoms with Gasteiger partial charge in [-0.25, -0.2) is 13.2 Å². The molecule has 1 aromatic carbocycles. The summed E-state index contributed by atoms with van der Waals surface area (Å²) in [5, 5.41) is 2.58. The highest BCUT2D eigenvalue weighted by molar-refractivity contribution is 7.89. The molecule has 3 rings (SSSR count). The number of hydrogen-bond donors (Lipinski definition) is 1. The molecule has 0 bridgehead atoms. The van der Waals surface area contributed by atoms with E-state index in [2.05, 4.69) is 16.9 Å². The highest BCUT2D eigenvalue weighted by atomic mass is 32.2. The first kappa shape index (κ1) is 24.4. The summed E-state index contributed by atoms with van der Waals surface area (Å²) < 4.78 is 33.6. The highest BCUT2D eigenvalue weighted by Gasteiger charge is 2.38. The molecule has 2 heterocycles. The molecule has 1 unspecified atom stereocenters. The molecule has 1 aliphatic heterocycles. The third-order valence-corrected chi connectivity index (χ3v) is 6.86. The van der Waals surface area contributed by atoms with Gasteiger partial charge < -0.3 is 10.1 Å². The predicted molar refractivity (Wildman–Crippen MR) is 124 cm³/mol. The number of piperazine rings is 1. The first-order valence-electron chi connectivity index (χ1n) is 10.4. The quantitative estimate of drug-likeness (QED) is 0.670. The Morgan fingerprint density at radius 2 is 1.88 bits per heavy atom. The summed E-state index contributed by atoms with van der Waals surface area (Å²) in [6.07, 6.45) is 3.87. The lowest BCUT2D eigenvalue weighted by molar-refractivity contribution is -0.111. The van der Waals surface area contributed by atoms with E-state index in [0.29, 0.717) is 11.3 Å². The Morgan fingerprint density at radius 1 is 1.18 bits per heavy atom. The van der Waals surface area contributed by atoms with Gasteiger partial charge in [-0.1, -0.05) is 12.6 Å². The molecule has 10 heteroatoms. The second-order valence-corrected chi connectivity index (χ2v) is 10.5. The maximum absolute atomic E-state index is 13.3. The Hall–Kier alpha value is -3.24. The van der Waals surface area contributed by atoms with E-state index in [9.17, 15) is 18.0 Å². The zero-order chi connectivity index (χ0) is 24.2. The van der Waals surface area contributed by atoms with Crippen molar-refractivity contribution in [2.45, 2.75) is 37.3 Å². The molecular formula is C23H28N4O5S. The lowest BCUT2D eigenvalue weighted by Gasteiger charge is -2.41. The summed E-state index contributed by atoms with van der Waals surface area (Å²) in [6.45, 7) is 9.08. The molecule has 1 fully saturated rings. The molecule has 1 aliphatic rings. The molecule has 1 N–H and O–H groups in total. The van der Waals surface area contributed by atoms with Crippen molar-refractivity contribution in [3.8, 4) is 0 Å². The fourth-order valence-electron chi connectivity index (χ4n) is 3.43. The van der Waals surface area contributed by atoms with Gasteiger partial charge in [0, 0.05) is 37.7 Å². The largest absolute Gasteiger partial charge is 0.444 e. The number of carbonyl (C=O) groups excluding carboxylic acids is 2. The predicted octanol–water partition coefficient (Wildman–Crippen LogP) is 3.19. The van der Waals surface area contributed by atoms with Gasteiger partial charge in [-0.3, -0.25) is 14.7 Å². The van der Waals surface area contributed by atoms with E-state index in [1.54, 1.807) is 44.1 Å². The smallest absolute Gasteiger partial charge is 0.410 e. The average Bonchev–Trinajstić information content (AvgIpc) is 2.78. The number of hydrogen-bond acceptors (Lipinski definition) is 6. The lowest BCUT2D eigenvalue weighted by atomic mass is 10.1. The Kier molecular flexibility index (Phi) is 7.19. The van der Waals surface area contributed by atoms with Crippen molar-refractivity contribution in [2.75, 3.05) is 25.0 Å². The van der Waals surface area contributed by atoms with Crippen LogP contribution in [0.2, 0.25) is 0 Å². The van der Waals surface area contributed by atoms with Crippen LogP contribution in [0.5, 0.6) is 0 Å². The molecular weight excluding hydrogens is 444 g/mol. The molecule has 0 saturated carbocycles. The lowest BCUT2D eigenvalue weighted by Crippen LogP contribution is -2.53. The minimum absolute atomic E-state index is 0.0578. The Labute approximate surface area is 194 Å². The van der Waals surface area contributed by atoms with Gasteiger partial charge in [0.05, 0.1) is 10.9 Å². The van der Waals surface area contributed by atoms with Gasteiger partial charge in [-0.05, 0) is 62.7 Å². The summed E-state index contributed by atoms with van der Waals surface area (Å²) in [4.78, 5) is 30.1. The molecule has 33 heavy (non-hydrogen) atoms. The second kappa shape index (κ2) is 9.72. The molecule has 0 aliphatic carbocycles. The fourth-order valence-corrected chi connectivity index (χ4v) is 4.86. The van der Waals surface area contributed by atoms with Crippen LogP contribution in [0.15, 0.2) is 66.3 Å². The minimum atomic E-state index is -3.84. The van der Waals surface area contributed by atoms with E-state index >= 15 is 0 Å². The number of nitrogens with one attached hydrogen (secondary N) is 1. The van der Waals surface area contributed by atoms with Crippen molar-refractivity contribution in [2.24, 2.45) is 0 Å².